The van der Waals surface area contributed by atoms with Crippen molar-refractivity contribution < 1.29 is 13.2 Å². The van der Waals surface area contributed by atoms with E-state index in [4.69, 9.17) is 0 Å². The highest BCUT2D eigenvalue weighted by molar-refractivity contribution is 7.98. The van der Waals surface area contributed by atoms with Crippen LogP contribution < -0.4 is 9.62 Å². The molecule has 0 heterocycles. The second-order valence-corrected chi connectivity index (χ2v) is 11.4. The summed E-state index contributed by atoms with van der Waals surface area (Å²) in [5.74, 6) is 1.53. The van der Waals surface area contributed by atoms with Gasteiger partial charge in [-0.2, -0.15) is 11.8 Å². The number of hydrogen-bond acceptors (Lipinski definition) is 4. The van der Waals surface area contributed by atoms with Gasteiger partial charge < -0.3 is 5.32 Å². The Morgan fingerprint density at radius 3 is 2.18 bits per heavy atom. The lowest BCUT2D eigenvalue weighted by Gasteiger charge is -2.25. The van der Waals surface area contributed by atoms with Crippen LogP contribution in [0.3, 0.4) is 0 Å². The van der Waals surface area contributed by atoms with Crippen LogP contribution in [-0.2, 0) is 20.6 Å². The molecule has 0 atom stereocenters. The highest BCUT2D eigenvalue weighted by Crippen LogP contribution is 2.25. The molecule has 7 heteroatoms. The molecule has 0 saturated heterocycles. The van der Waals surface area contributed by atoms with Gasteiger partial charge in [0.25, 0.3) is 10.0 Å². The second kappa shape index (κ2) is 12.1. The van der Waals surface area contributed by atoms with Gasteiger partial charge in [-0.05, 0) is 73.9 Å². The van der Waals surface area contributed by atoms with E-state index in [9.17, 15) is 13.2 Å². The van der Waals surface area contributed by atoms with Crippen molar-refractivity contribution in [3.63, 3.8) is 0 Å². The number of aryl methyl sites for hydroxylation is 3. The van der Waals surface area contributed by atoms with E-state index in [2.05, 4.69) is 36.5 Å². The van der Waals surface area contributed by atoms with Gasteiger partial charge in [-0.3, -0.25) is 9.10 Å². The maximum Gasteiger partial charge on any atom is 0.264 e. The van der Waals surface area contributed by atoms with Crippen molar-refractivity contribution in [2.24, 2.45) is 0 Å². The van der Waals surface area contributed by atoms with Crippen LogP contribution in [0.5, 0.6) is 0 Å². The van der Waals surface area contributed by atoms with Crippen LogP contribution in [0.25, 0.3) is 0 Å². The third-order valence-corrected chi connectivity index (χ3v) is 8.19. The van der Waals surface area contributed by atoms with E-state index in [0.717, 1.165) is 29.1 Å². The standard InChI is InChI=1S/C27H32N2O3S2/c1-21-10-12-24(13-11-21)20-33-15-7-14-28-27(30)19-29(25-17-22(2)16-23(3)18-25)34(31,32)26-8-5-4-6-9-26/h4-6,8-13,16-18H,7,14-15,19-20H2,1-3H3,(H,28,30). The number of hydrogen-bond donors (Lipinski definition) is 1. The zero-order valence-electron chi connectivity index (χ0n) is 20.0. The summed E-state index contributed by atoms with van der Waals surface area (Å²) in [4.78, 5) is 12.9. The predicted molar refractivity (Wildman–Crippen MR) is 142 cm³/mol. The molecule has 3 aromatic carbocycles. The molecular formula is C27H32N2O3S2. The van der Waals surface area contributed by atoms with E-state index in [1.165, 1.54) is 15.4 Å². The first-order valence-corrected chi connectivity index (χ1v) is 13.9. The molecule has 1 amide bonds. The van der Waals surface area contributed by atoms with Crippen LogP contribution in [0.4, 0.5) is 5.69 Å². The molecule has 0 bridgehead atoms. The normalized spacial score (nSPS) is 11.3. The SMILES string of the molecule is Cc1ccc(CSCCCNC(=O)CN(c2cc(C)cc(C)c2)S(=O)(=O)c2ccccc2)cc1. The van der Waals surface area contributed by atoms with Gasteiger partial charge in [0.15, 0.2) is 0 Å². The average molecular weight is 497 g/mol. The lowest BCUT2D eigenvalue weighted by atomic mass is 10.1. The number of thioether (sulfide) groups is 1. The summed E-state index contributed by atoms with van der Waals surface area (Å²) in [6.45, 7) is 6.14. The van der Waals surface area contributed by atoms with Gasteiger partial charge in [0.2, 0.25) is 5.91 Å². The van der Waals surface area contributed by atoms with Gasteiger partial charge in [-0.15, -0.1) is 0 Å². The van der Waals surface area contributed by atoms with Crippen LogP contribution in [0.1, 0.15) is 28.7 Å². The first-order valence-electron chi connectivity index (χ1n) is 11.3. The monoisotopic (exact) mass is 496 g/mol. The molecule has 0 radical (unpaired) electrons. The van der Waals surface area contributed by atoms with E-state index >= 15 is 0 Å². The van der Waals surface area contributed by atoms with Crippen molar-refractivity contribution >= 4 is 33.4 Å². The number of benzene rings is 3. The van der Waals surface area contributed by atoms with Crippen molar-refractivity contribution in [1.29, 1.82) is 0 Å². The molecule has 3 aromatic rings. The Morgan fingerprint density at radius 2 is 1.53 bits per heavy atom. The highest BCUT2D eigenvalue weighted by Gasteiger charge is 2.27. The molecule has 3 rings (SSSR count). The van der Waals surface area contributed by atoms with Gasteiger partial charge in [0.05, 0.1) is 10.6 Å². The summed E-state index contributed by atoms with van der Waals surface area (Å²) in [5, 5.41) is 2.88. The van der Waals surface area contributed by atoms with E-state index in [1.807, 2.05) is 31.7 Å². The van der Waals surface area contributed by atoms with Crippen molar-refractivity contribution in [3.05, 3.63) is 95.1 Å². The molecule has 0 aliphatic heterocycles. The largest absolute Gasteiger partial charge is 0.354 e. The lowest BCUT2D eigenvalue weighted by Crippen LogP contribution is -2.41. The van der Waals surface area contributed by atoms with Crippen LogP contribution in [-0.4, -0.2) is 33.2 Å². The molecule has 0 aliphatic carbocycles. The number of sulfonamides is 1. The number of nitrogens with one attached hydrogen (secondary N) is 1. The minimum atomic E-state index is -3.89. The molecule has 0 aliphatic rings. The minimum absolute atomic E-state index is 0.162. The third-order valence-electron chi connectivity index (χ3n) is 5.29. The average Bonchev–Trinajstić information content (AvgIpc) is 2.80. The van der Waals surface area contributed by atoms with Crippen molar-refractivity contribution in [2.45, 2.75) is 37.8 Å². The van der Waals surface area contributed by atoms with Crippen molar-refractivity contribution in [1.82, 2.24) is 5.32 Å². The van der Waals surface area contributed by atoms with Crippen molar-refractivity contribution in [2.75, 3.05) is 23.1 Å². The quantitative estimate of drug-likeness (QED) is 0.368. The van der Waals surface area contributed by atoms with E-state index < -0.39 is 10.0 Å². The predicted octanol–water partition coefficient (Wildman–Crippen LogP) is 5.25. The summed E-state index contributed by atoms with van der Waals surface area (Å²) in [7, 11) is -3.89. The number of nitrogens with zero attached hydrogens (tertiary/aromatic N) is 1. The summed E-state index contributed by atoms with van der Waals surface area (Å²) >= 11 is 1.82. The Bertz CT molecular complexity index is 1170. The van der Waals surface area contributed by atoms with Crippen LogP contribution >= 0.6 is 11.8 Å². The number of anilines is 1. The van der Waals surface area contributed by atoms with Crippen LogP contribution in [0.2, 0.25) is 0 Å². The first-order chi connectivity index (χ1) is 16.3. The number of carbonyl (C=O) groups is 1. The Balaban J connectivity index is 1.60. The molecule has 0 unspecified atom stereocenters. The lowest BCUT2D eigenvalue weighted by molar-refractivity contribution is -0.119. The van der Waals surface area contributed by atoms with Crippen molar-refractivity contribution in [3.8, 4) is 0 Å². The zero-order chi connectivity index (χ0) is 24.6. The number of carbonyl (C=O) groups excluding carboxylic acids is 1. The van der Waals surface area contributed by atoms with Gasteiger partial charge >= 0.3 is 0 Å². The molecule has 0 spiro atoms. The molecule has 5 nitrogen and oxygen atoms in total. The topological polar surface area (TPSA) is 66.5 Å². The maximum absolute atomic E-state index is 13.4. The van der Waals surface area contributed by atoms with Crippen LogP contribution in [0, 0.1) is 20.8 Å². The molecule has 0 aromatic heterocycles. The van der Waals surface area contributed by atoms with E-state index in [-0.39, 0.29) is 17.3 Å². The van der Waals surface area contributed by atoms with E-state index in [0.29, 0.717) is 12.2 Å². The first kappa shape index (κ1) is 25.8. The zero-order valence-corrected chi connectivity index (χ0v) is 21.6. The fourth-order valence-electron chi connectivity index (χ4n) is 3.59. The summed E-state index contributed by atoms with van der Waals surface area (Å²) in [5.41, 5.74) is 4.91. The molecule has 0 fully saturated rings. The summed E-state index contributed by atoms with van der Waals surface area (Å²) < 4.78 is 28.0. The molecule has 0 saturated carbocycles. The van der Waals surface area contributed by atoms with Gasteiger partial charge in [0, 0.05) is 12.3 Å². The summed E-state index contributed by atoms with van der Waals surface area (Å²) in [6, 6.07) is 22.3. The number of amides is 1. The fraction of sp³-hybridized carbons (Fsp3) is 0.296. The Morgan fingerprint density at radius 1 is 0.882 bits per heavy atom. The highest BCUT2D eigenvalue weighted by atomic mass is 32.2. The van der Waals surface area contributed by atoms with Gasteiger partial charge in [-0.1, -0.05) is 54.1 Å². The van der Waals surface area contributed by atoms with E-state index in [1.54, 1.807) is 42.5 Å². The third kappa shape index (κ3) is 7.37. The maximum atomic E-state index is 13.4. The minimum Gasteiger partial charge on any atom is -0.354 e. The molecule has 1 N–H and O–H groups in total. The smallest absolute Gasteiger partial charge is 0.264 e. The van der Waals surface area contributed by atoms with Crippen LogP contribution in [0.15, 0.2) is 77.7 Å². The molecule has 180 valence electrons. The second-order valence-electron chi connectivity index (χ2n) is 8.41. The molecule has 34 heavy (non-hydrogen) atoms. The Labute approximate surface area is 207 Å². The fourth-order valence-corrected chi connectivity index (χ4v) is 5.94. The molecular weight excluding hydrogens is 464 g/mol. The van der Waals surface area contributed by atoms with Gasteiger partial charge in [-0.25, -0.2) is 8.42 Å². The Kier molecular flexibility index (Phi) is 9.19. The van der Waals surface area contributed by atoms with Gasteiger partial charge in [0.1, 0.15) is 6.54 Å². The number of rotatable bonds is 11. The summed E-state index contributed by atoms with van der Waals surface area (Å²) in [6.07, 6.45) is 0.817. The Hall–Kier alpha value is -2.77.